The maximum absolute atomic E-state index is 4.69. The van der Waals surface area contributed by atoms with E-state index in [1.165, 1.54) is 10.1 Å². The Labute approximate surface area is 135 Å². The lowest BCUT2D eigenvalue weighted by atomic mass is 10.1. The van der Waals surface area contributed by atoms with Gasteiger partial charge in [0.2, 0.25) is 0 Å². The summed E-state index contributed by atoms with van der Waals surface area (Å²) in [5.74, 6) is 1.72. The van der Waals surface area contributed by atoms with E-state index in [-0.39, 0.29) is 0 Å². The molecule has 1 aromatic carbocycles. The molecule has 0 amide bonds. The van der Waals surface area contributed by atoms with Gasteiger partial charge in [-0.15, -0.1) is 11.3 Å². The van der Waals surface area contributed by atoms with Crippen LogP contribution in [-0.2, 0) is 0 Å². The second-order valence-electron chi connectivity index (χ2n) is 4.47. The van der Waals surface area contributed by atoms with Crippen LogP contribution in [0.5, 0.6) is 0 Å². The van der Waals surface area contributed by atoms with Gasteiger partial charge in [0.1, 0.15) is 5.82 Å². The molecule has 2 heterocycles. The van der Waals surface area contributed by atoms with E-state index in [2.05, 4.69) is 69.5 Å². The van der Waals surface area contributed by atoms with E-state index in [9.17, 15) is 0 Å². The zero-order valence-corrected chi connectivity index (χ0v) is 14.2. The SMILES string of the molecule is CCNc1nc(-c2csc3ccccc23)nc(C)c1I. The number of fused-ring (bicyclic) bond motifs is 1. The predicted octanol–water partition coefficient (Wildman–Crippen LogP) is 4.70. The highest BCUT2D eigenvalue weighted by Gasteiger charge is 2.13. The van der Waals surface area contributed by atoms with Crippen molar-refractivity contribution in [2.24, 2.45) is 0 Å². The summed E-state index contributed by atoms with van der Waals surface area (Å²) in [6.45, 7) is 4.96. The quantitative estimate of drug-likeness (QED) is 0.654. The normalized spacial score (nSPS) is 10.9. The van der Waals surface area contributed by atoms with Crippen LogP contribution in [-0.4, -0.2) is 16.5 Å². The van der Waals surface area contributed by atoms with Crippen molar-refractivity contribution < 1.29 is 0 Å². The Morgan fingerprint density at radius 3 is 2.85 bits per heavy atom. The number of hydrogen-bond donors (Lipinski definition) is 1. The Morgan fingerprint density at radius 1 is 1.25 bits per heavy atom. The molecule has 0 saturated carbocycles. The number of halogens is 1. The molecule has 5 heteroatoms. The fourth-order valence-electron chi connectivity index (χ4n) is 2.12. The van der Waals surface area contributed by atoms with Gasteiger partial charge in [0, 0.05) is 27.6 Å². The Balaban J connectivity index is 2.19. The third kappa shape index (κ3) is 2.40. The van der Waals surface area contributed by atoms with Gasteiger partial charge in [-0.05, 0) is 42.5 Å². The highest BCUT2D eigenvalue weighted by atomic mass is 127. The van der Waals surface area contributed by atoms with Crippen molar-refractivity contribution in [2.45, 2.75) is 13.8 Å². The largest absolute Gasteiger partial charge is 0.369 e. The Morgan fingerprint density at radius 2 is 2.05 bits per heavy atom. The molecule has 0 radical (unpaired) electrons. The summed E-state index contributed by atoms with van der Waals surface area (Å²) in [5, 5.41) is 6.68. The summed E-state index contributed by atoms with van der Waals surface area (Å²) in [6, 6.07) is 8.38. The second-order valence-corrected chi connectivity index (χ2v) is 6.46. The van der Waals surface area contributed by atoms with Crippen LogP contribution in [0.15, 0.2) is 29.6 Å². The number of nitrogens with zero attached hydrogens (tertiary/aromatic N) is 2. The van der Waals surface area contributed by atoms with Gasteiger partial charge >= 0.3 is 0 Å². The predicted molar refractivity (Wildman–Crippen MR) is 94.5 cm³/mol. The third-order valence-electron chi connectivity index (χ3n) is 3.08. The molecule has 0 spiro atoms. The molecule has 0 unspecified atom stereocenters. The summed E-state index contributed by atoms with van der Waals surface area (Å²) >= 11 is 4.03. The van der Waals surface area contributed by atoms with E-state index in [4.69, 9.17) is 4.98 Å². The van der Waals surface area contributed by atoms with E-state index >= 15 is 0 Å². The molecule has 0 aliphatic rings. The van der Waals surface area contributed by atoms with E-state index in [1.807, 2.05) is 6.92 Å². The summed E-state index contributed by atoms with van der Waals surface area (Å²) in [5.41, 5.74) is 2.13. The van der Waals surface area contributed by atoms with Gasteiger partial charge in [0.25, 0.3) is 0 Å². The van der Waals surface area contributed by atoms with Crippen molar-refractivity contribution in [3.8, 4) is 11.4 Å². The van der Waals surface area contributed by atoms with E-state index in [0.717, 1.165) is 33.0 Å². The number of thiophene rings is 1. The van der Waals surface area contributed by atoms with Crippen molar-refractivity contribution >= 4 is 49.8 Å². The Hall–Kier alpha value is -1.21. The second kappa shape index (κ2) is 5.65. The maximum Gasteiger partial charge on any atom is 0.163 e. The van der Waals surface area contributed by atoms with E-state index in [1.54, 1.807) is 11.3 Å². The van der Waals surface area contributed by atoms with Gasteiger partial charge in [0.05, 0.1) is 9.26 Å². The molecular formula is C15H14IN3S. The molecule has 0 aliphatic carbocycles. The van der Waals surface area contributed by atoms with Crippen molar-refractivity contribution in [3.05, 3.63) is 38.9 Å². The van der Waals surface area contributed by atoms with Crippen molar-refractivity contribution in [3.63, 3.8) is 0 Å². The smallest absolute Gasteiger partial charge is 0.163 e. The average Bonchev–Trinajstić information content (AvgIpc) is 2.88. The van der Waals surface area contributed by atoms with Gasteiger partial charge in [-0.2, -0.15) is 0 Å². The molecule has 20 heavy (non-hydrogen) atoms. The first-order valence-corrected chi connectivity index (χ1v) is 8.41. The summed E-state index contributed by atoms with van der Waals surface area (Å²) in [4.78, 5) is 9.35. The fourth-order valence-corrected chi connectivity index (χ4v) is 3.49. The van der Waals surface area contributed by atoms with Crippen molar-refractivity contribution in [1.29, 1.82) is 0 Å². The van der Waals surface area contributed by atoms with E-state index in [0.29, 0.717) is 0 Å². The zero-order valence-electron chi connectivity index (χ0n) is 11.3. The lowest BCUT2D eigenvalue weighted by Gasteiger charge is -2.09. The van der Waals surface area contributed by atoms with Crippen LogP contribution < -0.4 is 5.32 Å². The van der Waals surface area contributed by atoms with Gasteiger partial charge in [0.15, 0.2) is 5.82 Å². The molecule has 0 saturated heterocycles. The Kier molecular flexibility index (Phi) is 3.89. The number of aryl methyl sites for hydroxylation is 1. The molecule has 3 nitrogen and oxygen atoms in total. The van der Waals surface area contributed by atoms with Crippen molar-refractivity contribution in [2.75, 3.05) is 11.9 Å². The summed E-state index contributed by atoms with van der Waals surface area (Å²) in [6.07, 6.45) is 0. The first kappa shape index (κ1) is 13.8. The standard InChI is InChI=1S/C15H14IN3S/c1-3-17-15-13(16)9(2)18-14(19-15)11-8-20-12-7-5-4-6-10(11)12/h4-8H,3H2,1-2H3,(H,17,18,19). The minimum atomic E-state index is 0.802. The zero-order chi connectivity index (χ0) is 14.1. The van der Waals surface area contributed by atoms with Crippen LogP contribution >= 0.6 is 33.9 Å². The number of rotatable bonds is 3. The maximum atomic E-state index is 4.69. The van der Waals surface area contributed by atoms with Gasteiger partial charge in [-0.25, -0.2) is 9.97 Å². The van der Waals surface area contributed by atoms with Gasteiger partial charge < -0.3 is 5.32 Å². The van der Waals surface area contributed by atoms with Crippen LogP contribution in [0, 0.1) is 10.5 Å². The molecule has 0 fully saturated rings. The minimum Gasteiger partial charge on any atom is -0.369 e. The first-order valence-electron chi connectivity index (χ1n) is 6.45. The number of anilines is 1. The molecule has 2 aromatic heterocycles. The highest BCUT2D eigenvalue weighted by Crippen LogP contribution is 2.33. The summed E-state index contributed by atoms with van der Waals surface area (Å²) in [7, 11) is 0. The van der Waals surface area contributed by atoms with E-state index < -0.39 is 0 Å². The molecular weight excluding hydrogens is 381 g/mol. The Bertz CT molecular complexity index is 767. The van der Waals surface area contributed by atoms with Crippen LogP contribution in [0.3, 0.4) is 0 Å². The van der Waals surface area contributed by atoms with Crippen LogP contribution in [0.2, 0.25) is 0 Å². The topological polar surface area (TPSA) is 37.8 Å². The molecule has 1 N–H and O–H groups in total. The van der Waals surface area contributed by atoms with Crippen LogP contribution in [0.4, 0.5) is 5.82 Å². The van der Waals surface area contributed by atoms with Gasteiger partial charge in [-0.1, -0.05) is 18.2 Å². The average molecular weight is 395 g/mol. The first-order chi connectivity index (χ1) is 9.70. The molecule has 0 atom stereocenters. The van der Waals surface area contributed by atoms with Gasteiger partial charge in [-0.3, -0.25) is 0 Å². The van der Waals surface area contributed by atoms with Crippen molar-refractivity contribution in [1.82, 2.24) is 9.97 Å². The summed E-state index contributed by atoms with van der Waals surface area (Å²) < 4.78 is 2.36. The van der Waals surface area contributed by atoms with Crippen LogP contribution in [0.25, 0.3) is 21.5 Å². The highest BCUT2D eigenvalue weighted by molar-refractivity contribution is 14.1. The molecule has 3 rings (SSSR count). The monoisotopic (exact) mass is 395 g/mol. The number of nitrogens with one attached hydrogen (secondary N) is 1. The lowest BCUT2D eigenvalue weighted by molar-refractivity contribution is 1.07. The number of aromatic nitrogens is 2. The third-order valence-corrected chi connectivity index (χ3v) is 5.34. The minimum absolute atomic E-state index is 0.802. The molecule has 0 aliphatic heterocycles. The van der Waals surface area contributed by atoms with Crippen LogP contribution in [0.1, 0.15) is 12.6 Å². The fraction of sp³-hybridized carbons (Fsp3) is 0.200. The lowest BCUT2D eigenvalue weighted by Crippen LogP contribution is -2.06. The molecule has 0 bridgehead atoms. The number of benzene rings is 1. The number of hydrogen-bond acceptors (Lipinski definition) is 4. The molecule has 3 aromatic rings. The molecule has 102 valence electrons.